The number of benzene rings is 3. The third kappa shape index (κ3) is 6.57. The molecule has 3 aromatic carbocycles. The minimum Gasteiger partial charge on any atom is -0.490 e. The molecule has 1 fully saturated rings. The molecule has 5 aromatic rings. The van der Waals surface area contributed by atoms with Crippen molar-refractivity contribution < 1.29 is 14.1 Å². The molecule has 9 nitrogen and oxygen atoms in total. The van der Waals surface area contributed by atoms with Crippen LogP contribution in [0.3, 0.4) is 0 Å². The van der Waals surface area contributed by atoms with Crippen molar-refractivity contribution in [2.75, 3.05) is 0 Å². The molecule has 1 aliphatic rings. The summed E-state index contributed by atoms with van der Waals surface area (Å²) in [4.78, 5) is 45.2. The maximum Gasteiger partial charge on any atom is 0.439 e. The molecule has 1 aliphatic carbocycles. The van der Waals surface area contributed by atoms with Crippen LogP contribution in [-0.4, -0.2) is 31.6 Å². The summed E-state index contributed by atoms with van der Waals surface area (Å²) in [5.74, 6) is 1.42. The quantitative estimate of drug-likeness (QED) is 0.200. The molecule has 2 aromatic heterocycles. The summed E-state index contributed by atoms with van der Waals surface area (Å²) < 4.78 is 12.5. The molecule has 230 valence electrons. The Morgan fingerprint density at radius 1 is 0.956 bits per heavy atom. The van der Waals surface area contributed by atoms with E-state index in [9.17, 15) is 14.4 Å². The molecular formula is C36H36N4O5. The van der Waals surface area contributed by atoms with E-state index in [1.807, 2.05) is 79.7 Å². The summed E-state index contributed by atoms with van der Waals surface area (Å²) in [5, 5.41) is 3.86. The summed E-state index contributed by atoms with van der Waals surface area (Å²) in [6.07, 6.45) is 5.36. The molecule has 6 rings (SSSR count). The number of H-pyrrole nitrogens is 1. The molecule has 0 spiro atoms. The van der Waals surface area contributed by atoms with Crippen LogP contribution in [-0.2, 0) is 24.1 Å². The van der Waals surface area contributed by atoms with Crippen LogP contribution in [0.25, 0.3) is 28.2 Å². The number of carbonyl (C=O) groups is 1. The first kappa shape index (κ1) is 30.0. The fourth-order valence-corrected chi connectivity index (χ4v) is 6.02. The van der Waals surface area contributed by atoms with Gasteiger partial charge in [0.15, 0.2) is 5.82 Å². The first-order valence-electron chi connectivity index (χ1n) is 15.6. The van der Waals surface area contributed by atoms with E-state index in [-0.39, 0.29) is 17.4 Å². The molecule has 2 heterocycles. The van der Waals surface area contributed by atoms with Crippen molar-refractivity contribution in [2.24, 2.45) is 0 Å². The fourth-order valence-electron chi connectivity index (χ4n) is 6.02. The summed E-state index contributed by atoms with van der Waals surface area (Å²) >= 11 is 0. The van der Waals surface area contributed by atoms with Gasteiger partial charge in [-0.2, -0.15) is 0 Å². The molecule has 0 saturated heterocycles. The van der Waals surface area contributed by atoms with Gasteiger partial charge in [0.25, 0.3) is 5.56 Å². The third-order valence-electron chi connectivity index (χ3n) is 8.24. The standard InChI is InChI=1S/C36H36N4O5/c1-3-8-32-31(21-23-13-15-24(16-14-23)29-11-5-6-12-30(29)34-38-36(43)45-39-34)35(42)40(33(4-2)37-32)25-17-19-27(20-18-25)44-28-10-7-9-26(41)22-28/h5-6,11-20,28H,3-4,7-10,21-22H2,1-2H3,(H,38,39,43). The van der Waals surface area contributed by atoms with E-state index in [0.29, 0.717) is 49.2 Å². The molecule has 0 radical (unpaired) electrons. The minimum absolute atomic E-state index is 0.0683. The number of hydrogen-bond donors (Lipinski definition) is 1. The number of aryl methyl sites for hydroxylation is 2. The van der Waals surface area contributed by atoms with Gasteiger partial charge < -0.3 is 4.74 Å². The van der Waals surface area contributed by atoms with Gasteiger partial charge in [0.05, 0.1) is 11.4 Å². The zero-order valence-electron chi connectivity index (χ0n) is 25.5. The largest absolute Gasteiger partial charge is 0.490 e. The maximum absolute atomic E-state index is 14.2. The van der Waals surface area contributed by atoms with E-state index < -0.39 is 5.76 Å². The lowest BCUT2D eigenvalue weighted by Crippen LogP contribution is -2.29. The summed E-state index contributed by atoms with van der Waals surface area (Å²) in [6.45, 7) is 4.10. The molecule has 1 atom stereocenters. The van der Waals surface area contributed by atoms with Crippen LogP contribution in [0.4, 0.5) is 0 Å². The Labute approximate surface area is 260 Å². The monoisotopic (exact) mass is 604 g/mol. The van der Waals surface area contributed by atoms with Crippen molar-refractivity contribution in [3.8, 4) is 34.0 Å². The number of nitrogens with zero attached hydrogens (tertiary/aromatic N) is 3. The van der Waals surface area contributed by atoms with E-state index in [4.69, 9.17) is 14.2 Å². The van der Waals surface area contributed by atoms with Crippen LogP contribution in [0.15, 0.2) is 86.9 Å². The molecule has 0 aliphatic heterocycles. The maximum atomic E-state index is 14.2. The molecular weight excluding hydrogens is 568 g/mol. The second kappa shape index (κ2) is 13.3. The molecule has 45 heavy (non-hydrogen) atoms. The highest BCUT2D eigenvalue weighted by molar-refractivity contribution is 5.80. The van der Waals surface area contributed by atoms with Crippen LogP contribution < -0.4 is 16.1 Å². The van der Waals surface area contributed by atoms with Gasteiger partial charge in [0.2, 0.25) is 0 Å². The number of nitrogens with one attached hydrogen (secondary N) is 1. The van der Waals surface area contributed by atoms with E-state index in [1.54, 1.807) is 4.57 Å². The number of Topliss-reactive ketones (excluding diaryl/α,β-unsaturated/α-hetero) is 1. The lowest BCUT2D eigenvalue weighted by Gasteiger charge is -2.22. The van der Waals surface area contributed by atoms with Crippen molar-refractivity contribution >= 4 is 5.78 Å². The Kier molecular flexibility index (Phi) is 8.86. The highest BCUT2D eigenvalue weighted by Crippen LogP contribution is 2.30. The van der Waals surface area contributed by atoms with Gasteiger partial charge in [-0.1, -0.05) is 74.0 Å². The number of hydrogen-bond acceptors (Lipinski definition) is 7. The molecule has 1 unspecified atom stereocenters. The van der Waals surface area contributed by atoms with E-state index in [2.05, 4.69) is 17.1 Å². The third-order valence-corrected chi connectivity index (χ3v) is 8.24. The van der Waals surface area contributed by atoms with Gasteiger partial charge in [-0.05, 0) is 60.2 Å². The highest BCUT2D eigenvalue weighted by Gasteiger charge is 2.22. The SMILES string of the molecule is CCCc1nc(CC)n(-c2ccc(OC3CCCC(=O)C3)cc2)c(=O)c1Cc1ccc(-c2ccccc2-c2noc(=O)[nH]2)cc1. The zero-order chi connectivity index (χ0) is 31.3. The lowest BCUT2D eigenvalue weighted by molar-refractivity contribution is -0.122. The zero-order valence-corrected chi connectivity index (χ0v) is 25.5. The second-order valence-electron chi connectivity index (χ2n) is 11.4. The average Bonchev–Trinajstić information content (AvgIpc) is 3.49. The predicted molar refractivity (Wildman–Crippen MR) is 172 cm³/mol. The van der Waals surface area contributed by atoms with Gasteiger partial charge in [-0.25, -0.2) is 9.78 Å². The Morgan fingerprint density at radius 3 is 2.38 bits per heavy atom. The first-order valence-corrected chi connectivity index (χ1v) is 15.6. The molecule has 1 saturated carbocycles. The Bertz CT molecular complexity index is 1920. The van der Waals surface area contributed by atoms with Gasteiger partial charge in [-0.15, -0.1) is 0 Å². The Balaban J connectivity index is 1.30. The van der Waals surface area contributed by atoms with Gasteiger partial charge in [-0.3, -0.25) is 23.7 Å². The Hall–Kier alpha value is -5.05. The topological polar surface area (TPSA) is 120 Å². The van der Waals surface area contributed by atoms with Gasteiger partial charge in [0.1, 0.15) is 23.5 Å². The molecule has 1 N–H and O–H groups in total. The number of aromatic amines is 1. The average molecular weight is 605 g/mol. The van der Waals surface area contributed by atoms with Crippen molar-refractivity contribution in [3.05, 3.63) is 116 Å². The summed E-state index contributed by atoms with van der Waals surface area (Å²) in [5.41, 5.74) is 5.78. The van der Waals surface area contributed by atoms with Crippen molar-refractivity contribution in [2.45, 2.75) is 71.3 Å². The number of aromatic nitrogens is 4. The fraction of sp³-hybridized carbons (Fsp3) is 0.306. The van der Waals surface area contributed by atoms with Crippen LogP contribution in [0.2, 0.25) is 0 Å². The first-order chi connectivity index (χ1) is 21.9. The van der Waals surface area contributed by atoms with Crippen LogP contribution in [0.5, 0.6) is 5.75 Å². The van der Waals surface area contributed by atoms with Crippen LogP contribution in [0, 0.1) is 0 Å². The van der Waals surface area contributed by atoms with Crippen molar-refractivity contribution in [1.29, 1.82) is 0 Å². The van der Waals surface area contributed by atoms with Crippen LogP contribution >= 0.6 is 0 Å². The van der Waals surface area contributed by atoms with E-state index >= 15 is 0 Å². The molecule has 0 amide bonds. The van der Waals surface area contributed by atoms with Crippen molar-refractivity contribution in [1.82, 2.24) is 19.7 Å². The summed E-state index contributed by atoms with van der Waals surface area (Å²) in [7, 11) is 0. The van der Waals surface area contributed by atoms with Gasteiger partial charge >= 0.3 is 5.76 Å². The minimum atomic E-state index is -0.604. The van der Waals surface area contributed by atoms with E-state index in [1.165, 1.54) is 0 Å². The number of carbonyl (C=O) groups excluding carboxylic acids is 1. The normalized spacial score (nSPS) is 14.9. The van der Waals surface area contributed by atoms with Gasteiger partial charge in [0, 0.05) is 36.8 Å². The lowest BCUT2D eigenvalue weighted by atomic mass is 9.96. The van der Waals surface area contributed by atoms with Crippen LogP contribution in [0.1, 0.15) is 68.6 Å². The highest BCUT2D eigenvalue weighted by atomic mass is 16.5. The van der Waals surface area contributed by atoms with Crippen molar-refractivity contribution in [3.63, 3.8) is 0 Å². The second-order valence-corrected chi connectivity index (χ2v) is 11.4. The molecule has 0 bridgehead atoms. The summed E-state index contributed by atoms with van der Waals surface area (Å²) in [6, 6.07) is 23.2. The smallest absolute Gasteiger partial charge is 0.439 e. The predicted octanol–water partition coefficient (Wildman–Crippen LogP) is 6.24. The molecule has 9 heteroatoms. The number of rotatable bonds is 10. The van der Waals surface area contributed by atoms with E-state index in [0.717, 1.165) is 58.7 Å². The number of ketones is 1. The number of ether oxygens (including phenoxy) is 1. The Morgan fingerprint density at radius 2 is 1.71 bits per heavy atom.